The predicted octanol–water partition coefficient (Wildman–Crippen LogP) is 3.83. The van der Waals surface area contributed by atoms with Crippen molar-refractivity contribution in [2.45, 2.75) is 58.5 Å². The Bertz CT molecular complexity index is 470. The molecule has 1 saturated carbocycles. The maximum atomic E-state index is 3.77. The first kappa shape index (κ1) is 15.1. The number of hydrogen-bond acceptors (Lipinski definition) is 2. The topological polar surface area (TPSA) is 15.3 Å². The molecule has 0 radical (unpaired) electrons. The molecule has 2 aliphatic rings. The van der Waals surface area contributed by atoms with Gasteiger partial charge in [-0.1, -0.05) is 18.2 Å². The summed E-state index contributed by atoms with van der Waals surface area (Å²) in [6, 6.07) is 8.26. The Morgan fingerprint density at radius 3 is 2.43 bits per heavy atom. The molecule has 1 aromatic rings. The molecule has 0 amide bonds. The van der Waals surface area contributed by atoms with Crippen LogP contribution in [-0.4, -0.2) is 30.6 Å². The van der Waals surface area contributed by atoms with Crippen molar-refractivity contribution in [2.75, 3.05) is 19.6 Å². The third-order valence-electron chi connectivity index (χ3n) is 5.48. The smallest absolute Gasteiger partial charge is 0.0319 e. The summed E-state index contributed by atoms with van der Waals surface area (Å²) in [7, 11) is 0. The SMILES string of the molecule is Cc1ccc(C(C)N2CCC(NCC3CC3)CC2)cc1C. The summed E-state index contributed by atoms with van der Waals surface area (Å²) in [5, 5.41) is 3.77. The number of aryl methyl sites for hydroxylation is 2. The summed E-state index contributed by atoms with van der Waals surface area (Å²) in [6.07, 6.45) is 5.52. The Hall–Kier alpha value is -0.860. The highest BCUT2D eigenvalue weighted by Gasteiger charge is 2.26. The van der Waals surface area contributed by atoms with E-state index in [0.717, 1.165) is 12.0 Å². The fourth-order valence-electron chi connectivity index (χ4n) is 3.38. The number of nitrogens with one attached hydrogen (secondary N) is 1. The molecule has 0 aromatic heterocycles. The van der Waals surface area contributed by atoms with Gasteiger partial charge in [0.05, 0.1) is 0 Å². The molecule has 1 atom stereocenters. The van der Waals surface area contributed by atoms with E-state index in [2.05, 4.69) is 49.2 Å². The van der Waals surface area contributed by atoms with E-state index in [1.807, 2.05) is 0 Å². The normalized spacial score (nSPS) is 22.4. The van der Waals surface area contributed by atoms with Crippen LogP contribution in [0.1, 0.15) is 55.3 Å². The zero-order valence-corrected chi connectivity index (χ0v) is 13.9. The van der Waals surface area contributed by atoms with Gasteiger partial charge in [0.2, 0.25) is 0 Å². The molecule has 2 fully saturated rings. The second-order valence-electron chi connectivity index (χ2n) is 7.18. The van der Waals surface area contributed by atoms with Gasteiger partial charge < -0.3 is 5.32 Å². The van der Waals surface area contributed by atoms with E-state index < -0.39 is 0 Å². The molecule has 0 spiro atoms. The predicted molar refractivity (Wildman–Crippen MR) is 89.7 cm³/mol. The molecular weight excluding hydrogens is 256 g/mol. The number of hydrogen-bond donors (Lipinski definition) is 1. The molecule has 116 valence electrons. The second-order valence-corrected chi connectivity index (χ2v) is 7.18. The molecule has 1 aliphatic carbocycles. The minimum atomic E-state index is 0.550. The molecule has 1 aromatic carbocycles. The van der Waals surface area contributed by atoms with E-state index in [9.17, 15) is 0 Å². The Balaban J connectivity index is 1.51. The molecule has 0 bridgehead atoms. The summed E-state index contributed by atoms with van der Waals surface area (Å²) in [5.41, 5.74) is 4.29. The highest BCUT2D eigenvalue weighted by atomic mass is 15.2. The van der Waals surface area contributed by atoms with Crippen molar-refractivity contribution < 1.29 is 0 Å². The van der Waals surface area contributed by atoms with Gasteiger partial charge >= 0.3 is 0 Å². The number of nitrogens with zero attached hydrogens (tertiary/aromatic N) is 1. The van der Waals surface area contributed by atoms with Crippen LogP contribution >= 0.6 is 0 Å². The maximum absolute atomic E-state index is 3.77. The third-order valence-corrected chi connectivity index (χ3v) is 5.48. The first-order valence-electron chi connectivity index (χ1n) is 8.68. The molecule has 3 rings (SSSR count). The van der Waals surface area contributed by atoms with Gasteiger partial charge in [-0.15, -0.1) is 0 Å². The number of rotatable bonds is 5. The lowest BCUT2D eigenvalue weighted by atomic mass is 9.97. The Morgan fingerprint density at radius 2 is 1.81 bits per heavy atom. The van der Waals surface area contributed by atoms with Crippen molar-refractivity contribution in [1.29, 1.82) is 0 Å². The molecule has 1 aliphatic heterocycles. The zero-order valence-electron chi connectivity index (χ0n) is 13.9. The summed E-state index contributed by atoms with van der Waals surface area (Å²) in [5.74, 6) is 0.998. The van der Waals surface area contributed by atoms with Gasteiger partial charge in [0.25, 0.3) is 0 Å². The zero-order chi connectivity index (χ0) is 14.8. The van der Waals surface area contributed by atoms with E-state index >= 15 is 0 Å². The highest BCUT2D eigenvalue weighted by Crippen LogP contribution is 2.29. The molecule has 1 saturated heterocycles. The summed E-state index contributed by atoms with van der Waals surface area (Å²) in [6.45, 7) is 10.5. The standard InChI is InChI=1S/C19H30N2/c1-14-4-7-18(12-15(14)2)16(3)21-10-8-19(9-11-21)20-13-17-5-6-17/h4,7,12,16-17,19-20H,5-6,8-11,13H2,1-3H3. The van der Waals surface area contributed by atoms with Gasteiger partial charge in [-0.25, -0.2) is 0 Å². The van der Waals surface area contributed by atoms with E-state index in [4.69, 9.17) is 0 Å². The van der Waals surface area contributed by atoms with Gasteiger partial charge in [-0.2, -0.15) is 0 Å². The number of piperidine rings is 1. The fraction of sp³-hybridized carbons (Fsp3) is 0.684. The molecule has 1 heterocycles. The summed E-state index contributed by atoms with van der Waals surface area (Å²) in [4.78, 5) is 2.65. The van der Waals surface area contributed by atoms with E-state index in [0.29, 0.717) is 6.04 Å². The maximum Gasteiger partial charge on any atom is 0.0319 e. The third kappa shape index (κ3) is 3.87. The minimum Gasteiger partial charge on any atom is -0.314 e. The summed E-state index contributed by atoms with van der Waals surface area (Å²) >= 11 is 0. The molecule has 2 heteroatoms. The van der Waals surface area contributed by atoms with Crippen molar-refractivity contribution in [2.24, 2.45) is 5.92 Å². The van der Waals surface area contributed by atoms with Crippen molar-refractivity contribution in [3.05, 3.63) is 34.9 Å². The Labute approximate surface area is 129 Å². The van der Waals surface area contributed by atoms with Crippen LogP contribution in [0.4, 0.5) is 0 Å². The molecule has 2 nitrogen and oxygen atoms in total. The molecule has 1 N–H and O–H groups in total. The monoisotopic (exact) mass is 286 g/mol. The number of likely N-dealkylation sites (tertiary alicyclic amines) is 1. The van der Waals surface area contributed by atoms with Crippen LogP contribution in [0.15, 0.2) is 18.2 Å². The van der Waals surface area contributed by atoms with Crippen LogP contribution in [0.5, 0.6) is 0 Å². The van der Waals surface area contributed by atoms with Gasteiger partial charge in [0, 0.05) is 25.2 Å². The molecule has 21 heavy (non-hydrogen) atoms. The van der Waals surface area contributed by atoms with E-state index in [1.165, 1.54) is 62.0 Å². The fourth-order valence-corrected chi connectivity index (χ4v) is 3.38. The lowest BCUT2D eigenvalue weighted by Crippen LogP contribution is -2.43. The lowest BCUT2D eigenvalue weighted by Gasteiger charge is -2.36. The second kappa shape index (κ2) is 6.50. The van der Waals surface area contributed by atoms with Gasteiger partial charge in [-0.3, -0.25) is 4.90 Å². The lowest BCUT2D eigenvalue weighted by molar-refractivity contribution is 0.152. The van der Waals surface area contributed by atoms with Gasteiger partial charge in [0.15, 0.2) is 0 Å². The van der Waals surface area contributed by atoms with Crippen molar-refractivity contribution in [3.63, 3.8) is 0 Å². The van der Waals surface area contributed by atoms with E-state index in [1.54, 1.807) is 0 Å². The first-order valence-corrected chi connectivity index (χ1v) is 8.68. The van der Waals surface area contributed by atoms with Gasteiger partial charge in [-0.05, 0) is 75.6 Å². The number of benzene rings is 1. The van der Waals surface area contributed by atoms with Crippen LogP contribution in [0, 0.1) is 19.8 Å². The van der Waals surface area contributed by atoms with Crippen LogP contribution in [0.2, 0.25) is 0 Å². The average Bonchev–Trinajstić information content (AvgIpc) is 3.32. The minimum absolute atomic E-state index is 0.550. The van der Waals surface area contributed by atoms with Crippen LogP contribution in [0.3, 0.4) is 0 Å². The van der Waals surface area contributed by atoms with Crippen molar-refractivity contribution >= 4 is 0 Å². The molecule has 1 unspecified atom stereocenters. The Morgan fingerprint density at radius 1 is 1.10 bits per heavy atom. The summed E-state index contributed by atoms with van der Waals surface area (Å²) < 4.78 is 0. The Kier molecular flexibility index (Phi) is 4.66. The molecular formula is C19H30N2. The first-order chi connectivity index (χ1) is 10.1. The van der Waals surface area contributed by atoms with Crippen molar-refractivity contribution in [1.82, 2.24) is 10.2 Å². The highest BCUT2D eigenvalue weighted by molar-refractivity contribution is 5.31. The van der Waals surface area contributed by atoms with Crippen LogP contribution in [-0.2, 0) is 0 Å². The van der Waals surface area contributed by atoms with Crippen LogP contribution in [0.25, 0.3) is 0 Å². The van der Waals surface area contributed by atoms with E-state index in [-0.39, 0.29) is 0 Å². The van der Waals surface area contributed by atoms with Crippen molar-refractivity contribution in [3.8, 4) is 0 Å². The quantitative estimate of drug-likeness (QED) is 0.885. The van der Waals surface area contributed by atoms with Crippen LogP contribution < -0.4 is 5.32 Å². The average molecular weight is 286 g/mol. The largest absolute Gasteiger partial charge is 0.314 e. The van der Waals surface area contributed by atoms with Gasteiger partial charge in [0.1, 0.15) is 0 Å².